The van der Waals surface area contributed by atoms with Crippen molar-refractivity contribution in [2.45, 2.75) is 6.92 Å². The lowest BCUT2D eigenvalue weighted by atomic mass is 10.4. The monoisotopic (exact) mass is 241 g/mol. The largest absolute Gasteiger partial charge is 0.360 e. The normalized spacial score (nSPS) is 15.6. The number of amides is 2. The second-order valence-electron chi connectivity index (χ2n) is 3.41. The molecule has 0 saturated carbocycles. The molecule has 0 unspecified atom stereocenters. The Morgan fingerprint density at radius 2 is 2.56 bits per heavy atom. The highest BCUT2D eigenvalue weighted by atomic mass is 32.2. The molecular formula is C9H11N3O3S. The molecule has 1 saturated heterocycles. The van der Waals surface area contributed by atoms with Crippen molar-refractivity contribution in [3.63, 3.8) is 0 Å². The van der Waals surface area contributed by atoms with Crippen LogP contribution in [0.15, 0.2) is 10.6 Å². The van der Waals surface area contributed by atoms with Crippen molar-refractivity contribution in [3.05, 3.63) is 11.8 Å². The average molecular weight is 241 g/mol. The van der Waals surface area contributed by atoms with Gasteiger partial charge in [0.25, 0.3) is 5.24 Å². The molecule has 0 aromatic carbocycles. The van der Waals surface area contributed by atoms with E-state index in [0.717, 1.165) is 5.75 Å². The summed E-state index contributed by atoms with van der Waals surface area (Å²) in [6.07, 6.45) is 0. The molecule has 2 amide bonds. The number of thioether (sulfide) groups is 1. The summed E-state index contributed by atoms with van der Waals surface area (Å²) in [7, 11) is 0. The van der Waals surface area contributed by atoms with E-state index in [4.69, 9.17) is 4.52 Å². The molecule has 6 nitrogen and oxygen atoms in total. The van der Waals surface area contributed by atoms with Crippen LogP contribution in [0.4, 0.5) is 10.6 Å². The van der Waals surface area contributed by atoms with Crippen LogP contribution in [-0.4, -0.2) is 40.0 Å². The number of rotatable bonds is 3. The van der Waals surface area contributed by atoms with Gasteiger partial charge < -0.3 is 14.7 Å². The molecule has 0 aliphatic carbocycles. The van der Waals surface area contributed by atoms with E-state index in [1.165, 1.54) is 16.7 Å². The molecule has 1 aliphatic heterocycles. The fourth-order valence-corrected chi connectivity index (χ4v) is 2.18. The van der Waals surface area contributed by atoms with Gasteiger partial charge in [-0.3, -0.25) is 9.59 Å². The van der Waals surface area contributed by atoms with Crippen LogP contribution in [0.2, 0.25) is 0 Å². The van der Waals surface area contributed by atoms with Crippen LogP contribution in [0, 0.1) is 6.92 Å². The van der Waals surface area contributed by atoms with Crippen LogP contribution in [0.3, 0.4) is 0 Å². The standard InChI is InChI=1S/C9H11N3O3S/c1-6-4-7(11-15-6)10-8(13)5-12-2-3-16-9(12)14/h4H,2-3,5H2,1H3,(H,10,11,13). The SMILES string of the molecule is Cc1cc(NC(=O)CN2CCSC2=O)no1. The summed E-state index contributed by atoms with van der Waals surface area (Å²) in [5, 5.41) is 6.15. The van der Waals surface area contributed by atoms with Gasteiger partial charge in [-0.25, -0.2) is 0 Å². The first kappa shape index (κ1) is 11.0. The lowest BCUT2D eigenvalue weighted by molar-refractivity contribution is -0.116. The molecule has 1 aromatic heterocycles. The Balaban J connectivity index is 1.86. The summed E-state index contributed by atoms with van der Waals surface area (Å²) in [4.78, 5) is 24.3. The highest BCUT2D eigenvalue weighted by molar-refractivity contribution is 8.13. The molecule has 1 aromatic rings. The fourth-order valence-electron chi connectivity index (χ4n) is 1.35. The summed E-state index contributed by atoms with van der Waals surface area (Å²) in [5.41, 5.74) is 0. The maximum absolute atomic E-state index is 11.5. The van der Waals surface area contributed by atoms with Gasteiger partial charge in [-0.2, -0.15) is 0 Å². The lowest BCUT2D eigenvalue weighted by Crippen LogP contribution is -2.33. The Morgan fingerprint density at radius 3 is 3.12 bits per heavy atom. The first-order chi connectivity index (χ1) is 7.65. The van der Waals surface area contributed by atoms with Gasteiger partial charge in [-0.05, 0) is 6.92 Å². The number of aromatic nitrogens is 1. The Labute approximate surface area is 96.3 Å². The topological polar surface area (TPSA) is 75.4 Å². The minimum Gasteiger partial charge on any atom is -0.360 e. The van der Waals surface area contributed by atoms with E-state index in [2.05, 4.69) is 10.5 Å². The van der Waals surface area contributed by atoms with Gasteiger partial charge >= 0.3 is 0 Å². The zero-order valence-electron chi connectivity index (χ0n) is 8.73. The van der Waals surface area contributed by atoms with E-state index in [0.29, 0.717) is 18.1 Å². The summed E-state index contributed by atoms with van der Waals surface area (Å²) in [6.45, 7) is 2.43. The number of carbonyl (C=O) groups excluding carboxylic acids is 2. The zero-order valence-corrected chi connectivity index (χ0v) is 9.54. The molecule has 7 heteroatoms. The Hall–Kier alpha value is -1.50. The quantitative estimate of drug-likeness (QED) is 0.857. The number of carbonyl (C=O) groups is 2. The van der Waals surface area contributed by atoms with E-state index in [1.54, 1.807) is 13.0 Å². The second-order valence-corrected chi connectivity index (χ2v) is 4.45. The summed E-state index contributed by atoms with van der Waals surface area (Å²) in [6, 6.07) is 1.62. The van der Waals surface area contributed by atoms with Gasteiger partial charge in [0.2, 0.25) is 5.91 Å². The molecule has 0 spiro atoms. The third-order valence-electron chi connectivity index (χ3n) is 2.07. The van der Waals surface area contributed by atoms with E-state index in [-0.39, 0.29) is 17.7 Å². The second kappa shape index (κ2) is 4.56. The molecule has 1 aliphatic rings. The van der Waals surface area contributed by atoms with Gasteiger partial charge in [0, 0.05) is 18.4 Å². The lowest BCUT2D eigenvalue weighted by Gasteiger charge is -2.12. The third kappa shape index (κ3) is 2.54. The number of nitrogens with one attached hydrogen (secondary N) is 1. The number of anilines is 1. The molecule has 86 valence electrons. The van der Waals surface area contributed by atoms with Crippen LogP contribution in [-0.2, 0) is 4.79 Å². The van der Waals surface area contributed by atoms with Crippen LogP contribution < -0.4 is 5.32 Å². The molecule has 0 bridgehead atoms. The highest BCUT2D eigenvalue weighted by Gasteiger charge is 2.23. The molecule has 0 radical (unpaired) electrons. The molecular weight excluding hydrogens is 230 g/mol. The highest BCUT2D eigenvalue weighted by Crippen LogP contribution is 2.16. The number of aryl methyl sites for hydroxylation is 1. The van der Waals surface area contributed by atoms with Gasteiger partial charge in [0.05, 0.1) is 0 Å². The van der Waals surface area contributed by atoms with Crippen molar-refractivity contribution in [2.24, 2.45) is 0 Å². The first-order valence-electron chi connectivity index (χ1n) is 4.80. The first-order valence-corrected chi connectivity index (χ1v) is 5.78. The molecule has 2 heterocycles. The zero-order chi connectivity index (χ0) is 11.5. The molecule has 2 rings (SSSR count). The molecule has 16 heavy (non-hydrogen) atoms. The smallest absolute Gasteiger partial charge is 0.282 e. The Bertz CT molecular complexity index is 418. The minimum atomic E-state index is -0.260. The van der Waals surface area contributed by atoms with E-state index in [9.17, 15) is 9.59 Å². The number of hydrogen-bond donors (Lipinski definition) is 1. The minimum absolute atomic E-state index is 0.0496. The van der Waals surface area contributed by atoms with Crippen molar-refractivity contribution in [2.75, 3.05) is 24.2 Å². The Kier molecular flexibility index (Phi) is 3.14. The van der Waals surface area contributed by atoms with E-state index >= 15 is 0 Å². The van der Waals surface area contributed by atoms with Gasteiger partial charge in [0.15, 0.2) is 5.82 Å². The van der Waals surface area contributed by atoms with Gasteiger partial charge in [-0.1, -0.05) is 16.9 Å². The number of hydrogen-bond acceptors (Lipinski definition) is 5. The van der Waals surface area contributed by atoms with Crippen molar-refractivity contribution in [1.29, 1.82) is 0 Å². The van der Waals surface area contributed by atoms with Crippen LogP contribution in [0.1, 0.15) is 5.76 Å². The van der Waals surface area contributed by atoms with Gasteiger partial charge in [0.1, 0.15) is 12.3 Å². The van der Waals surface area contributed by atoms with Crippen LogP contribution in [0.5, 0.6) is 0 Å². The average Bonchev–Trinajstić information content (AvgIpc) is 2.77. The van der Waals surface area contributed by atoms with E-state index < -0.39 is 0 Å². The maximum atomic E-state index is 11.5. The summed E-state index contributed by atoms with van der Waals surface area (Å²) >= 11 is 1.23. The van der Waals surface area contributed by atoms with Crippen molar-refractivity contribution >= 4 is 28.7 Å². The Morgan fingerprint density at radius 1 is 1.75 bits per heavy atom. The third-order valence-corrected chi connectivity index (χ3v) is 2.97. The van der Waals surface area contributed by atoms with Crippen molar-refractivity contribution in [1.82, 2.24) is 10.1 Å². The molecule has 1 N–H and O–H groups in total. The maximum Gasteiger partial charge on any atom is 0.282 e. The van der Waals surface area contributed by atoms with Crippen molar-refractivity contribution in [3.8, 4) is 0 Å². The van der Waals surface area contributed by atoms with Crippen LogP contribution in [0.25, 0.3) is 0 Å². The van der Waals surface area contributed by atoms with Gasteiger partial charge in [-0.15, -0.1) is 0 Å². The fraction of sp³-hybridized carbons (Fsp3) is 0.444. The van der Waals surface area contributed by atoms with Crippen LogP contribution >= 0.6 is 11.8 Å². The predicted molar refractivity (Wildman–Crippen MR) is 59.3 cm³/mol. The molecule has 0 atom stereocenters. The van der Waals surface area contributed by atoms with E-state index in [1.807, 2.05) is 0 Å². The summed E-state index contributed by atoms with van der Waals surface area (Å²) < 4.78 is 4.81. The molecule has 1 fully saturated rings. The number of nitrogens with zero attached hydrogens (tertiary/aromatic N) is 2. The predicted octanol–water partition coefficient (Wildman–Crippen LogP) is 1.09. The summed E-state index contributed by atoms with van der Waals surface area (Å²) in [5.74, 6) is 1.49. The van der Waals surface area contributed by atoms with Crippen molar-refractivity contribution < 1.29 is 14.1 Å².